The number of carboxylic acid groups (broad SMARTS) is 1. The molecular formula is C10H7BF2O4. The molecule has 0 spiro atoms. The first-order valence-corrected chi connectivity index (χ1v) is 5.10. The van der Waals surface area contributed by atoms with E-state index in [2.05, 4.69) is 0 Å². The van der Waals surface area contributed by atoms with Gasteiger partial charge in [0.1, 0.15) is 11.3 Å². The van der Waals surface area contributed by atoms with Crippen LogP contribution in [0, 0.1) is 11.6 Å². The third-order valence-corrected chi connectivity index (χ3v) is 3.26. The normalized spacial score (nSPS) is 24.8. The predicted octanol–water partition coefficient (Wildman–Crippen LogP) is 1.39. The van der Waals surface area contributed by atoms with Gasteiger partial charge in [0, 0.05) is 5.82 Å². The maximum atomic E-state index is 13.4. The van der Waals surface area contributed by atoms with Crippen LogP contribution in [0.15, 0.2) is 6.07 Å². The second-order valence-electron chi connectivity index (χ2n) is 4.29. The summed E-state index contributed by atoms with van der Waals surface area (Å²) >= 11 is 0. The molecule has 1 fully saturated rings. The number of hydrogen-bond acceptors (Lipinski definition) is 3. The van der Waals surface area contributed by atoms with Crippen molar-refractivity contribution in [2.24, 2.45) is 0 Å². The molecule has 1 heterocycles. The van der Waals surface area contributed by atoms with Gasteiger partial charge in [0.05, 0.1) is 0 Å². The van der Waals surface area contributed by atoms with E-state index in [-0.39, 0.29) is 17.5 Å². The van der Waals surface area contributed by atoms with Crippen LogP contribution in [0.3, 0.4) is 0 Å². The van der Waals surface area contributed by atoms with Gasteiger partial charge in [-0.05, 0) is 24.0 Å². The first-order valence-electron chi connectivity index (χ1n) is 5.10. The molecule has 1 aliphatic carbocycles. The van der Waals surface area contributed by atoms with Crippen molar-refractivity contribution < 1.29 is 28.4 Å². The van der Waals surface area contributed by atoms with Gasteiger partial charge in [-0.1, -0.05) is 0 Å². The average molecular weight is 240 g/mol. The van der Waals surface area contributed by atoms with Crippen LogP contribution in [0.25, 0.3) is 0 Å². The van der Waals surface area contributed by atoms with E-state index in [1.807, 2.05) is 0 Å². The summed E-state index contributed by atoms with van der Waals surface area (Å²) in [5.41, 5.74) is -0.513. The lowest BCUT2D eigenvalue weighted by molar-refractivity contribution is 0.0687. The average Bonchev–Trinajstić information content (AvgIpc) is 3.01. The highest BCUT2D eigenvalue weighted by Crippen LogP contribution is 2.60. The zero-order valence-corrected chi connectivity index (χ0v) is 8.48. The lowest BCUT2D eigenvalue weighted by Crippen LogP contribution is -2.28. The van der Waals surface area contributed by atoms with Crippen LogP contribution >= 0.6 is 0 Å². The summed E-state index contributed by atoms with van der Waals surface area (Å²) in [4.78, 5) is 10.9. The minimum absolute atomic E-state index is 0.137. The monoisotopic (exact) mass is 240 g/mol. The van der Waals surface area contributed by atoms with Crippen LogP contribution in [-0.4, -0.2) is 23.2 Å². The molecule has 1 aromatic rings. The minimum Gasteiger partial charge on any atom is -0.535 e. The van der Waals surface area contributed by atoms with Crippen LogP contribution in [0.2, 0.25) is 5.82 Å². The first kappa shape index (κ1) is 10.5. The van der Waals surface area contributed by atoms with Gasteiger partial charge in [-0.25, -0.2) is 13.6 Å². The lowest BCUT2D eigenvalue weighted by Gasteiger charge is -2.21. The summed E-state index contributed by atoms with van der Waals surface area (Å²) in [7, 11) is -1.14. The van der Waals surface area contributed by atoms with Crippen molar-refractivity contribution in [3.63, 3.8) is 0 Å². The zero-order chi connectivity index (χ0) is 12.3. The molecule has 0 aromatic heterocycles. The highest BCUT2D eigenvalue weighted by molar-refractivity contribution is 6.48. The zero-order valence-electron chi connectivity index (χ0n) is 8.48. The largest absolute Gasteiger partial charge is 0.535 e. The number of benzene rings is 1. The fraction of sp³-hybridized carbons (Fsp3) is 0.300. The van der Waals surface area contributed by atoms with E-state index in [0.717, 1.165) is 6.07 Å². The highest BCUT2D eigenvalue weighted by Gasteiger charge is 2.55. The maximum Gasteiger partial charge on any atom is 0.526 e. The lowest BCUT2D eigenvalue weighted by atomic mass is 9.77. The van der Waals surface area contributed by atoms with Crippen LogP contribution in [0.1, 0.15) is 28.3 Å². The van der Waals surface area contributed by atoms with Gasteiger partial charge in [-0.15, -0.1) is 0 Å². The standard InChI is InChI=1S/C10H7BF2O4/c12-6-2-4-3-1-5(3)11(16)17-9(4)7(8(6)13)10(14)15/h2-3,5,16H,1H2,(H,14,15). The quantitative estimate of drug-likeness (QED) is 0.728. The molecule has 2 N–H and O–H groups in total. The molecule has 17 heavy (non-hydrogen) atoms. The molecule has 4 nitrogen and oxygen atoms in total. The Bertz CT molecular complexity index is 534. The van der Waals surface area contributed by atoms with E-state index >= 15 is 0 Å². The third-order valence-electron chi connectivity index (χ3n) is 3.26. The molecule has 1 aliphatic heterocycles. The van der Waals surface area contributed by atoms with E-state index in [4.69, 9.17) is 9.76 Å². The Morgan fingerprint density at radius 3 is 2.88 bits per heavy atom. The fourth-order valence-electron chi connectivity index (χ4n) is 2.32. The highest BCUT2D eigenvalue weighted by atomic mass is 19.2. The number of halogens is 2. The van der Waals surface area contributed by atoms with Crippen molar-refractivity contribution in [3.05, 3.63) is 28.8 Å². The Hall–Kier alpha value is -1.63. The van der Waals surface area contributed by atoms with Gasteiger partial charge in [-0.3, -0.25) is 0 Å². The molecule has 2 aliphatic rings. The topological polar surface area (TPSA) is 66.8 Å². The Morgan fingerprint density at radius 1 is 1.53 bits per heavy atom. The molecule has 7 heteroatoms. The molecular weight excluding hydrogens is 233 g/mol. The van der Waals surface area contributed by atoms with Gasteiger partial charge in [0.15, 0.2) is 11.6 Å². The van der Waals surface area contributed by atoms with Crippen LogP contribution in [0.4, 0.5) is 8.78 Å². The predicted molar refractivity (Wildman–Crippen MR) is 53.0 cm³/mol. The molecule has 1 saturated carbocycles. The van der Waals surface area contributed by atoms with Crippen molar-refractivity contribution in [1.29, 1.82) is 0 Å². The number of carboxylic acids is 1. The summed E-state index contributed by atoms with van der Waals surface area (Å²) < 4.78 is 31.6. The molecule has 0 radical (unpaired) electrons. The Labute approximate surface area is 95.0 Å². The molecule has 2 atom stereocenters. The molecule has 0 saturated heterocycles. The second kappa shape index (κ2) is 3.19. The van der Waals surface area contributed by atoms with Crippen LogP contribution < -0.4 is 4.65 Å². The van der Waals surface area contributed by atoms with Gasteiger partial charge < -0.3 is 14.8 Å². The first-order chi connectivity index (χ1) is 8.00. The number of rotatable bonds is 1. The number of carbonyl (C=O) groups is 1. The summed E-state index contributed by atoms with van der Waals surface area (Å²) in [5, 5.41) is 18.4. The van der Waals surface area contributed by atoms with Crippen molar-refractivity contribution in [2.75, 3.05) is 0 Å². The molecule has 0 bridgehead atoms. The molecule has 2 unspecified atom stereocenters. The van der Waals surface area contributed by atoms with Crippen molar-refractivity contribution >= 4 is 13.1 Å². The number of aromatic carboxylic acids is 1. The number of hydrogen-bond donors (Lipinski definition) is 2. The Kier molecular flexibility index (Phi) is 1.98. The van der Waals surface area contributed by atoms with E-state index < -0.39 is 30.3 Å². The van der Waals surface area contributed by atoms with Gasteiger partial charge in [0.25, 0.3) is 0 Å². The Balaban J connectivity index is 2.25. The van der Waals surface area contributed by atoms with Gasteiger partial charge in [-0.2, -0.15) is 0 Å². The second-order valence-corrected chi connectivity index (χ2v) is 4.29. The minimum atomic E-state index is -1.61. The molecule has 3 rings (SSSR count). The number of fused-ring (bicyclic) bond motifs is 3. The van der Waals surface area contributed by atoms with Gasteiger partial charge >= 0.3 is 13.1 Å². The maximum absolute atomic E-state index is 13.4. The summed E-state index contributed by atoms with van der Waals surface area (Å²) in [5.74, 6) is -4.79. The Morgan fingerprint density at radius 2 is 2.24 bits per heavy atom. The fourth-order valence-corrected chi connectivity index (χ4v) is 2.32. The van der Waals surface area contributed by atoms with Crippen molar-refractivity contribution in [1.82, 2.24) is 0 Å². The van der Waals surface area contributed by atoms with Crippen LogP contribution in [0.5, 0.6) is 5.75 Å². The van der Waals surface area contributed by atoms with E-state index in [0.29, 0.717) is 12.0 Å². The summed E-state index contributed by atoms with van der Waals surface area (Å²) in [6.45, 7) is 0. The van der Waals surface area contributed by atoms with E-state index in [1.165, 1.54) is 0 Å². The smallest absolute Gasteiger partial charge is 0.526 e. The van der Waals surface area contributed by atoms with Crippen LogP contribution in [-0.2, 0) is 0 Å². The van der Waals surface area contributed by atoms with E-state index in [1.54, 1.807) is 0 Å². The van der Waals surface area contributed by atoms with Gasteiger partial charge in [0.2, 0.25) is 0 Å². The summed E-state index contributed by atoms with van der Waals surface area (Å²) in [6, 6.07) is 0.952. The molecule has 88 valence electrons. The summed E-state index contributed by atoms with van der Waals surface area (Å²) in [6.07, 6.45) is 0.596. The SMILES string of the molecule is O=C(O)c1c(F)c(F)cc2c1OB(O)C1CC21. The third kappa shape index (κ3) is 1.35. The van der Waals surface area contributed by atoms with E-state index in [9.17, 15) is 18.6 Å². The van der Waals surface area contributed by atoms with Crippen molar-refractivity contribution in [3.8, 4) is 5.75 Å². The molecule has 1 aromatic carbocycles. The van der Waals surface area contributed by atoms with Crippen molar-refractivity contribution in [2.45, 2.75) is 18.2 Å². The molecule has 0 amide bonds.